The van der Waals surface area contributed by atoms with E-state index in [9.17, 15) is 4.79 Å². The highest BCUT2D eigenvalue weighted by Gasteiger charge is 2.41. The Hall–Kier alpha value is -2.00. The summed E-state index contributed by atoms with van der Waals surface area (Å²) in [5.41, 5.74) is 1.68. The molecule has 2 saturated heterocycles. The van der Waals surface area contributed by atoms with Crippen LogP contribution < -0.4 is 4.74 Å². The molecule has 0 saturated carbocycles. The summed E-state index contributed by atoms with van der Waals surface area (Å²) in [5.74, 6) is 0.963. The minimum Gasteiger partial charge on any atom is -0.492 e. The van der Waals surface area contributed by atoms with Gasteiger partial charge >= 0.3 is 0 Å². The molecule has 0 atom stereocenters. The van der Waals surface area contributed by atoms with E-state index < -0.39 is 0 Å². The number of rotatable bonds is 8. The first kappa shape index (κ1) is 24.1. The van der Waals surface area contributed by atoms with Crippen LogP contribution in [0.25, 0.3) is 0 Å². The zero-order chi connectivity index (χ0) is 23.3. The number of hydrogen-bond acceptors (Lipinski definition) is 7. The summed E-state index contributed by atoms with van der Waals surface area (Å²) in [6, 6.07) is 8.46. The predicted octanol–water partition coefficient (Wildman–Crippen LogP) is 2.94. The first-order chi connectivity index (χ1) is 15.9. The monoisotopic (exact) mass is 472 g/mol. The molecule has 3 heterocycles. The maximum atomic E-state index is 12.9. The van der Waals surface area contributed by atoms with Crippen LogP contribution in [0.15, 0.2) is 29.6 Å². The average molecular weight is 473 g/mol. The fourth-order valence-electron chi connectivity index (χ4n) is 4.53. The molecule has 2 aromatic rings. The Balaban J connectivity index is 1.20. The number of nitrogens with zero attached hydrogens (tertiary/aromatic N) is 4. The molecule has 1 aromatic carbocycles. The Morgan fingerprint density at radius 3 is 2.64 bits per heavy atom. The standard InChI is InChI=1S/C25H36N4O3S/c1-20-26-23(18-33-20)24(30)29-15-17-32-25(19-29)9-12-28(13-10-25)14-16-31-22-6-4-21(5-7-22)8-11-27(2)3/h4-7,18H,8-17,19H2,1-3H3. The van der Waals surface area contributed by atoms with Gasteiger partial charge in [0.2, 0.25) is 0 Å². The number of ether oxygens (including phenoxy) is 2. The van der Waals surface area contributed by atoms with Crippen LogP contribution in [0.3, 0.4) is 0 Å². The Labute approximate surface area is 201 Å². The van der Waals surface area contributed by atoms with E-state index in [1.807, 2.05) is 17.2 Å². The molecule has 1 amide bonds. The fraction of sp³-hybridized carbons (Fsp3) is 0.600. The molecule has 0 N–H and O–H groups in total. The van der Waals surface area contributed by atoms with Gasteiger partial charge in [-0.3, -0.25) is 9.69 Å². The molecule has 2 aliphatic rings. The lowest BCUT2D eigenvalue weighted by atomic mass is 9.89. The van der Waals surface area contributed by atoms with Crippen LogP contribution in [0.5, 0.6) is 5.75 Å². The maximum Gasteiger partial charge on any atom is 0.273 e. The number of thiazole rings is 1. The number of hydrogen-bond donors (Lipinski definition) is 0. The maximum absolute atomic E-state index is 12.9. The van der Waals surface area contributed by atoms with E-state index in [-0.39, 0.29) is 11.5 Å². The molecule has 0 unspecified atom stereocenters. The summed E-state index contributed by atoms with van der Waals surface area (Å²) in [6.45, 7) is 8.39. The summed E-state index contributed by atoms with van der Waals surface area (Å²) >= 11 is 1.52. The van der Waals surface area contributed by atoms with Crippen molar-refractivity contribution in [3.63, 3.8) is 0 Å². The molecule has 0 aliphatic carbocycles. The quantitative estimate of drug-likeness (QED) is 0.589. The summed E-state index contributed by atoms with van der Waals surface area (Å²) in [6.07, 6.45) is 2.93. The molecule has 7 nitrogen and oxygen atoms in total. The molecular formula is C25H36N4O3S. The van der Waals surface area contributed by atoms with Gasteiger partial charge in [0.15, 0.2) is 0 Å². The van der Waals surface area contributed by atoms with Crippen LogP contribution in [0, 0.1) is 6.92 Å². The van der Waals surface area contributed by atoms with Gasteiger partial charge in [-0.2, -0.15) is 0 Å². The molecular weight excluding hydrogens is 436 g/mol. The van der Waals surface area contributed by atoms with Crippen molar-refractivity contribution in [1.82, 2.24) is 19.7 Å². The molecule has 180 valence electrons. The fourth-order valence-corrected chi connectivity index (χ4v) is 5.11. The number of aromatic nitrogens is 1. The van der Waals surface area contributed by atoms with Crippen LogP contribution >= 0.6 is 11.3 Å². The number of likely N-dealkylation sites (tertiary alicyclic amines) is 1. The van der Waals surface area contributed by atoms with Gasteiger partial charge in [-0.25, -0.2) is 4.98 Å². The molecule has 33 heavy (non-hydrogen) atoms. The van der Waals surface area contributed by atoms with E-state index in [0.29, 0.717) is 32.0 Å². The van der Waals surface area contributed by atoms with Gasteiger partial charge in [0.1, 0.15) is 18.1 Å². The van der Waals surface area contributed by atoms with Gasteiger partial charge < -0.3 is 19.3 Å². The predicted molar refractivity (Wildman–Crippen MR) is 131 cm³/mol. The van der Waals surface area contributed by atoms with Crippen LogP contribution in [-0.4, -0.2) is 97.8 Å². The SMILES string of the molecule is Cc1nc(C(=O)N2CCOC3(CCN(CCOc4ccc(CCN(C)C)cc4)CC3)C2)cs1. The minimum atomic E-state index is -0.223. The van der Waals surface area contributed by atoms with Crippen molar-refractivity contribution in [2.24, 2.45) is 0 Å². The number of aryl methyl sites for hydroxylation is 1. The average Bonchev–Trinajstić information content (AvgIpc) is 3.26. The lowest BCUT2D eigenvalue weighted by Crippen LogP contribution is -2.58. The van der Waals surface area contributed by atoms with Gasteiger partial charge in [0.05, 0.1) is 23.8 Å². The van der Waals surface area contributed by atoms with Crippen LogP contribution in [0.1, 0.15) is 33.9 Å². The van der Waals surface area contributed by atoms with Crippen molar-refractivity contribution in [2.45, 2.75) is 31.8 Å². The zero-order valence-corrected chi connectivity index (χ0v) is 20.9. The van der Waals surface area contributed by atoms with Crippen molar-refractivity contribution >= 4 is 17.2 Å². The van der Waals surface area contributed by atoms with Crippen molar-refractivity contribution in [2.75, 3.05) is 66.6 Å². The van der Waals surface area contributed by atoms with E-state index in [2.05, 4.69) is 53.1 Å². The normalized spacial score (nSPS) is 18.7. The van der Waals surface area contributed by atoms with Gasteiger partial charge in [-0.1, -0.05) is 12.1 Å². The second kappa shape index (κ2) is 11.0. The third-order valence-corrected chi connectivity index (χ3v) is 7.36. The first-order valence-electron chi connectivity index (χ1n) is 11.9. The molecule has 2 aliphatic heterocycles. The molecule has 0 radical (unpaired) electrons. The number of carbonyl (C=O) groups excluding carboxylic acids is 1. The van der Waals surface area contributed by atoms with Crippen molar-refractivity contribution < 1.29 is 14.3 Å². The van der Waals surface area contributed by atoms with E-state index in [4.69, 9.17) is 9.47 Å². The van der Waals surface area contributed by atoms with Crippen molar-refractivity contribution in [3.8, 4) is 5.75 Å². The Morgan fingerprint density at radius 2 is 1.97 bits per heavy atom. The Kier molecular flexibility index (Phi) is 8.01. The van der Waals surface area contributed by atoms with Crippen LogP contribution in [-0.2, 0) is 11.2 Å². The molecule has 4 rings (SSSR count). The number of benzene rings is 1. The first-order valence-corrected chi connectivity index (χ1v) is 12.7. The zero-order valence-electron chi connectivity index (χ0n) is 20.1. The van der Waals surface area contributed by atoms with Gasteiger partial charge in [-0.05, 0) is 58.0 Å². The van der Waals surface area contributed by atoms with Crippen molar-refractivity contribution in [3.05, 3.63) is 45.9 Å². The number of amides is 1. The van der Waals surface area contributed by atoms with Crippen LogP contribution in [0.2, 0.25) is 0 Å². The summed E-state index contributed by atoms with van der Waals surface area (Å²) in [7, 11) is 4.19. The lowest BCUT2D eigenvalue weighted by molar-refractivity contribution is -0.127. The highest BCUT2D eigenvalue weighted by Crippen LogP contribution is 2.31. The molecule has 0 bridgehead atoms. The van der Waals surface area contributed by atoms with Gasteiger partial charge in [0.25, 0.3) is 5.91 Å². The van der Waals surface area contributed by atoms with E-state index in [0.717, 1.165) is 56.2 Å². The van der Waals surface area contributed by atoms with Crippen molar-refractivity contribution in [1.29, 1.82) is 0 Å². The molecule has 2 fully saturated rings. The van der Waals surface area contributed by atoms with Crippen LogP contribution in [0.4, 0.5) is 0 Å². The molecule has 8 heteroatoms. The number of likely N-dealkylation sites (N-methyl/N-ethyl adjacent to an activating group) is 1. The smallest absolute Gasteiger partial charge is 0.273 e. The highest BCUT2D eigenvalue weighted by molar-refractivity contribution is 7.09. The van der Waals surface area contributed by atoms with Gasteiger partial charge in [0, 0.05) is 38.1 Å². The number of piperidine rings is 1. The Morgan fingerprint density at radius 1 is 1.21 bits per heavy atom. The summed E-state index contributed by atoms with van der Waals surface area (Å²) < 4.78 is 12.2. The second-order valence-electron chi connectivity index (χ2n) is 9.40. The Bertz CT molecular complexity index is 907. The highest BCUT2D eigenvalue weighted by atomic mass is 32.1. The number of morpholine rings is 1. The third kappa shape index (κ3) is 6.53. The second-order valence-corrected chi connectivity index (χ2v) is 10.5. The minimum absolute atomic E-state index is 0.0330. The van der Waals surface area contributed by atoms with E-state index >= 15 is 0 Å². The van der Waals surface area contributed by atoms with Gasteiger partial charge in [-0.15, -0.1) is 11.3 Å². The summed E-state index contributed by atoms with van der Waals surface area (Å²) in [5, 5.41) is 2.79. The lowest BCUT2D eigenvalue weighted by Gasteiger charge is -2.47. The molecule has 1 spiro atoms. The van der Waals surface area contributed by atoms with E-state index in [1.165, 1.54) is 16.9 Å². The third-order valence-electron chi connectivity index (χ3n) is 6.59. The number of carbonyl (C=O) groups is 1. The topological polar surface area (TPSA) is 58.1 Å². The largest absolute Gasteiger partial charge is 0.492 e. The van der Waals surface area contributed by atoms with E-state index in [1.54, 1.807) is 0 Å². The molecule has 1 aromatic heterocycles. The summed E-state index contributed by atoms with van der Waals surface area (Å²) in [4.78, 5) is 23.8.